The number of carbonyl (C=O) groups excluding carboxylic acids is 2. The molecule has 1 aromatic heterocycles. The van der Waals surface area contributed by atoms with E-state index in [1.165, 1.54) is 4.90 Å². The van der Waals surface area contributed by atoms with E-state index < -0.39 is 5.25 Å². The first-order chi connectivity index (χ1) is 18.0. The van der Waals surface area contributed by atoms with Gasteiger partial charge in [-0.1, -0.05) is 82.3 Å². The van der Waals surface area contributed by atoms with Crippen molar-refractivity contribution >= 4 is 78.2 Å². The number of benzene rings is 3. The van der Waals surface area contributed by atoms with Gasteiger partial charge >= 0.3 is 0 Å². The Kier molecular flexibility index (Phi) is 6.44. The summed E-state index contributed by atoms with van der Waals surface area (Å²) in [6.07, 6.45) is 0.706. The van der Waals surface area contributed by atoms with Gasteiger partial charge in [-0.2, -0.15) is 5.10 Å². The molecular weight excluding hydrogens is 568 g/mol. The Morgan fingerprint density at radius 1 is 0.973 bits per heavy atom. The van der Waals surface area contributed by atoms with Gasteiger partial charge in [0.05, 0.1) is 22.3 Å². The number of hydrogen-bond acceptors (Lipinski definition) is 6. The summed E-state index contributed by atoms with van der Waals surface area (Å²) in [7, 11) is 0. The van der Waals surface area contributed by atoms with Crippen LogP contribution in [-0.4, -0.2) is 33.0 Å². The third-order valence-electron chi connectivity index (χ3n) is 6.55. The van der Waals surface area contributed by atoms with Crippen LogP contribution in [0.15, 0.2) is 93.8 Å². The van der Waals surface area contributed by atoms with Gasteiger partial charge in [0.1, 0.15) is 5.25 Å². The zero-order valence-corrected chi connectivity index (χ0v) is 22.7. The van der Waals surface area contributed by atoms with E-state index in [1.54, 1.807) is 22.4 Å². The van der Waals surface area contributed by atoms with Gasteiger partial charge in [0.15, 0.2) is 5.17 Å². The Balaban J connectivity index is 1.27. The molecule has 6 nitrogen and oxygen atoms in total. The predicted octanol–water partition coefficient (Wildman–Crippen LogP) is 6.81. The summed E-state index contributed by atoms with van der Waals surface area (Å²) in [5, 5.41) is 18.8. The molecule has 2 aliphatic rings. The summed E-state index contributed by atoms with van der Waals surface area (Å²) >= 11 is 6.21. The number of nitrogens with one attached hydrogen (secondary N) is 1. The fourth-order valence-corrected chi connectivity index (χ4v) is 6.74. The summed E-state index contributed by atoms with van der Waals surface area (Å²) in [4.78, 5) is 28.9. The van der Waals surface area contributed by atoms with Crippen LogP contribution in [0.3, 0.4) is 0 Å². The number of thioether (sulfide) groups is 1. The van der Waals surface area contributed by atoms with Gasteiger partial charge < -0.3 is 0 Å². The molecule has 0 bridgehead atoms. The van der Waals surface area contributed by atoms with E-state index in [0.717, 1.165) is 43.2 Å². The first kappa shape index (κ1) is 24.1. The van der Waals surface area contributed by atoms with Crippen molar-refractivity contribution in [3.8, 4) is 0 Å². The van der Waals surface area contributed by atoms with E-state index >= 15 is 0 Å². The molecule has 3 heterocycles. The maximum atomic E-state index is 13.5. The second kappa shape index (κ2) is 9.89. The lowest BCUT2D eigenvalue weighted by atomic mass is 10.0. The van der Waals surface area contributed by atoms with Crippen LogP contribution < -0.4 is 4.90 Å². The molecule has 0 radical (unpaired) electrons. The number of hydrogen-bond donors (Lipinski definition) is 1. The fourth-order valence-electron chi connectivity index (χ4n) is 4.78. The first-order valence-corrected chi connectivity index (χ1v) is 14.3. The van der Waals surface area contributed by atoms with Crippen molar-refractivity contribution in [2.45, 2.75) is 24.1 Å². The van der Waals surface area contributed by atoms with Crippen molar-refractivity contribution in [1.29, 1.82) is 5.41 Å². The minimum atomic E-state index is -0.675. The molecular formula is C28H21BrN4O2S2. The third-order valence-corrected chi connectivity index (χ3v) is 9.06. The molecule has 2 atom stereocenters. The molecule has 1 saturated heterocycles. The van der Waals surface area contributed by atoms with Gasteiger partial charge in [0, 0.05) is 22.7 Å². The fraction of sp³-hybridized carbons (Fsp3) is 0.143. The lowest BCUT2D eigenvalue weighted by molar-refractivity contribution is -0.121. The molecule has 9 heteroatoms. The predicted molar refractivity (Wildman–Crippen MR) is 154 cm³/mol. The third kappa shape index (κ3) is 4.52. The molecule has 0 saturated carbocycles. The van der Waals surface area contributed by atoms with Crippen LogP contribution in [0.1, 0.15) is 29.3 Å². The van der Waals surface area contributed by atoms with Crippen LogP contribution in [0, 0.1) is 5.41 Å². The molecule has 1 fully saturated rings. The first-order valence-electron chi connectivity index (χ1n) is 11.8. The number of hydrazone groups is 1. The number of fused-ring (bicyclic) bond motifs is 1. The van der Waals surface area contributed by atoms with E-state index in [2.05, 4.69) is 15.9 Å². The van der Waals surface area contributed by atoms with E-state index in [9.17, 15) is 9.59 Å². The molecule has 184 valence electrons. The number of thiophene rings is 1. The summed E-state index contributed by atoms with van der Waals surface area (Å²) < 4.78 is 0.980. The highest BCUT2D eigenvalue weighted by atomic mass is 79.9. The highest BCUT2D eigenvalue weighted by Gasteiger charge is 2.43. The lowest BCUT2D eigenvalue weighted by Gasteiger charge is -2.25. The van der Waals surface area contributed by atoms with Gasteiger partial charge in [-0.25, -0.2) is 9.91 Å². The normalized spacial score (nSPS) is 19.6. The van der Waals surface area contributed by atoms with E-state index in [0.29, 0.717) is 12.1 Å². The summed E-state index contributed by atoms with van der Waals surface area (Å²) in [5.41, 5.74) is 2.55. The number of anilines is 1. The minimum absolute atomic E-state index is 0.0490. The van der Waals surface area contributed by atoms with Crippen molar-refractivity contribution < 1.29 is 9.59 Å². The van der Waals surface area contributed by atoms with Crippen LogP contribution in [0.25, 0.3) is 10.8 Å². The molecule has 0 unspecified atom stereocenters. The molecule has 6 rings (SSSR count). The van der Waals surface area contributed by atoms with E-state index in [4.69, 9.17) is 10.5 Å². The topological polar surface area (TPSA) is 76.8 Å². The second-order valence-corrected chi connectivity index (χ2v) is 11.9. The molecule has 1 N–H and O–H groups in total. The van der Waals surface area contributed by atoms with Crippen molar-refractivity contribution in [2.75, 3.05) is 4.90 Å². The maximum absolute atomic E-state index is 13.5. The largest absolute Gasteiger partial charge is 0.277 e. The van der Waals surface area contributed by atoms with Crippen LogP contribution in [0.2, 0.25) is 0 Å². The van der Waals surface area contributed by atoms with Crippen molar-refractivity contribution in [2.24, 2.45) is 5.10 Å². The van der Waals surface area contributed by atoms with Crippen LogP contribution in [0.4, 0.5) is 5.69 Å². The molecule has 2 aliphatic heterocycles. The zero-order chi connectivity index (χ0) is 25.5. The van der Waals surface area contributed by atoms with Crippen molar-refractivity contribution in [3.05, 3.63) is 99.2 Å². The summed E-state index contributed by atoms with van der Waals surface area (Å²) in [5.74, 6) is -0.543. The van der Waals surface area contributed by atoms with Gasteiger partial charge in [-0.3, -0.25) is 15.0 Å². The Hall–Kier alpha value is -3.27. The number of carbonyl (C=O) groups is 2. The zero-order valence-electron chi connectivity index (χ0n) is 19.5. The Morgan fingerprint density at radius 2 is 1.76 bits per heavy atom. The Morgan fingerprint density at radius 3 is 2.54 bits per heavy atom. The number of amides is 2. The standard InChI is InChI=1S/C28H21BrN4O2S2/c29-19-12-10-18(11-13-19)23-15-21(24-9-4-14-36-24)31-33(23)28(30)37-25-16-26(34)32(27(25)35)22-8-3-6-17-5-1-2-7-20(17)22/h1-14,23,25,30H,15-16H2/t23-,25+/m0/s1. The van der Waals surface area contributed by atoms with Gasteiger partial charge in [-0.05, 0) is 40.6 Å². The average Bonchev–Trinajstić information content (AvgIpc) is 3.64. The van der Waals surface area contributed by atoms with Gasteiger partial charge in [0.2, 0.25) is 11.8 Å². The molecule has 37 heavy (non-hydrogen) atoms. The molecule has 0 spiro atoms. The second-order valence-electron chi connectivity index (χ2n) is 8.82. The Labute approximate surface area is 230 Å². The SMILES string of the molecule is N=C(S[C@@H]1CC(=O)N(c2cccc3ccccc23)C1=O)N1N=C(c2cccs2)C[C@H]1c1ccc(Br)cc1. The number of rotatable bonds is 4. The van der Waals surface area contributed by atoms with Crippen molar-refractivity contribution in [3.63, 3.8) is 0 Å². The average molecular weight is 590 g/mol. The lowest BCUT2D eigenvalue weighted by Crippen LogP contribution is -2.32. The van der Waals surface area contributed by atoms with E-state index in [1.807, 2.05) is 78.2 Å². The molecule has 3 aromatic carbocycles. The number of nitrogens with zero attached hydrogens (tertiary/aromatic N) is 3. The van der Waals surface area contributed by atoms with Gasteiger partial charge in [-0.15, -0.1) is 11.3 Å². The van der Waals surface area contributed by atoms with Crippen LogP contribution >= 0.6 is 39.0 Å². The van der Waals surface area contributed by atoms with Gasteiger partial charge in [0.25, 0.3) is 0 Å². The van der Waals surface area contributed by atoms with Crippen molar-refractivity contribution in [1.82, 2.24) is 5.01 Å². The minimum Gasteiger partial charge on any atom is -0.277 e. The summed E-state index contributed by atoms with van der Waals surface area (Å²) in [6, 6.07) is 25.2. The summed E-state index contributed by atoms with van der Waals surface area (Å²) in [6.45, 7) is 0. The molecule has 2 amide bonds. The smallest absolute Gasteiger partial charge is 0.247 e. The van der Waals surface area contributed by atoms with Crippen LogP contribution in [-0.2, 0) is 9.59 Å². The van der Waals surface area contributed by atoms with Crippen LogP contribution in [0.5, 0.6) is 0 Å². The highest BCUT2D eigenvalue weighted by molar-refractivity contribution is 9.10. The molecule has 0 aliphatic carbocycles. The highest BCUT2D eigenvalue weighted by Crippen LogP contribution is 2.39. The quantitative estimate of drug-likeness (QED) is 0.161. The number of imide groups is 1. The Bertz CT molecular complexity index is 1550. The number of amidine groups is 1. The number of halogens is 1. The maximum Gasteiger partial charge on any atom is 0.247 e. The van der Waals surface area contributed by atoms with E-state index in [-0.39, 0.29) is 29.4 Å². The molecule has 4 aromatic rings. The monoisotopic (exact) mass is 588 g/mol.